The average molecular weight is 347 g/mol. The Morgan fingerprint density at radius 3 is 3.04 bits per heavy atom. The number of nitrogens with zero attached hydrogens (tertiary/aromatic N) is 3. The molecule has 26 heavy (non-hydrogen) atoms. The van der Waals surface area contributed by atoms with Crippen LogP contribution in [0.3, 0.4) is 0 Å². The number of aromatic amines is 1. The Bertz CT molecular complexity index is 1070. The predicted molar refractivity (Wildman–Crippen MR) is 103 cm³/mol. The zero-order chi connectivity index (χ0) is 17.5. The lowest BCUT2D eigenvalue weighted by Gasteiger charge is -2.24. The Kier molecular flexibility index (Phi) is 3.64. The number of fused-ring (bicyclic) bond motifs is 2. The molecule has 3 aromatic heterocycles. The molecule has 2 N–H and O–H groups in total. The quantitative estimate of drug-likeness (QED) is 0.595. The van der Waals surface area contributed by atoms with Crippen LogP contribution in [-0.2, 0) is 0 Å². The Hall–Kier alpha value is -2.86. The van der Waals surface area contributed by atoms with Gasteiger partial charge in [-0.3, -0.25) is 0 Å². The molecular weight excluding hydrogens is 326 g/mol. The fourth-order valence-corrected chi connectivity index (χ4v) is 3.89. The van der Waals surface area contributed by atoms with Crippen molar-refractivity contribution in [1.82, 2.24) is 24.8 Å². The minimum atomic E-state index is 0.466. The van der Waals surface area contributed by atoms with E-state index in [2.05, 4.69) is 43.0 Å². The van der Waals surface area contributed by atoms with E-state index >= 15 is 0 Å². The lowest BCUT2D eigenvalue weighted by Crippen LogP contribution is -2.31. The van der Waals surface area contributed by atoms with Crippen LogP contribution in [0.5, 0.6) is 5.75 Å². The molecule has 6 heteroatoms. The summed E-state index contributed by atoms with van der Waals surface area (Å²) in [5.74, 6) is 0.762. The number of benzene rings is 1. The highest BCUT2D eigenvalue weighted by Crippen LogP contribution is 2.32. The summed E-state index contributed by atoms with van der Waals surface area (Å²) in [5.41, 5.74) is 5.37. The topological polar surface area (TPSA) is 67.8 Å². The Labute approximate surface area is 151 Å². The highest BCUT2D eigenvalue weighted by molar-refractivity contribution is 5.96. The van der Waals surface area contributed by atoms with E-state index in [9.17, 15) is 0 Å². The van der Waals surface area contributed by atoms with Crippen LogP contribution in [0.15, 0.2) is 43.0 Å². The second kappa shape index (κ2) is 6.14. The van der Waals surface area contributed by atoms with Gasteiger partial charge in [-0.2, -0.15) is 0 Å². The van der Waals surface area contributed by atoms with Crippen molar-refractivity contribution >= 4 is 22.1 Å². The van der Waals surface area contributed by atoms with Crippen LogP contribution in [0.2, 0.25) is 0 Å². The lowest BCUT2D eigenvalue weighted by atomic mass is 10.0. The maximum Gasteiger partial charge on any atom is 0.138 e. The zero-order valence-corrected chi connectivity index (χ0v) is 14.7. The van der Waals surface area contributed by atoms with Gasteiger partial charge in [0, 0.05) is 29.7 Å². The van der Waals surface area contributed by atoms with Crippen molar-refractivity contribution in [3.05, 3.63) is 43.0 Å². The second-order valence-corrected chi connectivity index (χ2v) is 6.83. The zero-order valence-electron chi connectivity index (χ0n) is 14.7. The van der Waals surface area contributed by atoms with Gasteiger partial charge in [0.2, 0.25) is 0 Å². The van der Waals surface area contributed by atoms with E-state index in [0.717, 1.165) is 46.5 Å². The first-order chi connectivity index (χ1) is 12.8. The lowest BCUT2D eigenvalue weighted by molar-refractivity contribution is 0.378. The molecule has 0 saturated carbocycles. The van der Waals surface area contributed by atoms with Gasteiger partial charge in [-0.15, -0.1) is 0 Å². The van der Waals surface area contributed by atoms with E-state index in [-0.39, 0.29) is 0 Å². The molecule has 1 saturated heterocycles. The summed E-state index contributed by atoms with van der Waals surface area (Å²) in [6.45, 7) is 2.11. The average Bonchev–Trinajstić information content (AvgIpc) is 3.31. The van der Waals surface area contributed by atoms with Crippen molar-refractivity contribution in [3.8, 4) is 16.9 Å². The summed E-state index contributed by atoms with van der Waals surface area (Å²) in [4.78, 5) is 12.3. The monoisotopic (exact) mass is 347 g/mol. The molecule has 1 atom stereocenters. The normalized spacial score (nSPS) is 17.8. The number of aromatic nitrogens is 4. The molecule has 1 fully saturated rings. The first-order valence-corrected chi connectivity index (χ1v) is 9.02. The number of ether oxygens (including phenoxy) is 1. The highest BCUT2D eigenvalue weighted by Gasteiger charge is 2.18. The fraction of sp³-hybridized carbons (Fsp3) is 0.300. The number of nitrogens with one attached hydrogen (secondary N) is 2. The van der Waals surface area contributed by atoms with E-state index in [1.54, 1.807) is 13.3 Å². The number of methoxy groups -OCH3 is 1. The van der Waals surface area contributed by atoms with Crippen LogP contribution in [0.4, 0.5) is 0 Å². The molecule has 1 unspecified atom stereocenters. The maximum atomic E-state index is 5.34. The fourth-order valence-electron chi connectivity index (χ4n) is 3.89. The van der Waals surface area contributed by atoms with Gasteiger partial charge in [0.05, 0.1) is 30.7 Å². The Morgan fingerprint density at radius 2 is 2.19 bits per heavy atom. The first kappa shape index (κ1) is 15.4. The molecule has 4 aromatic rings. The predicted octanol–water partition coefficient (Wildman–Crippen LogP) is 3.51. The molecule has 0 amide bonds. The summed E-state index contributed by atoms with van der Waals surface area (Å²) < 4.78 is 7.66. The molecule has 0 radical (unpaired) electrons. The summed E-state index contributed by atoms with van der Waals surface area (Å²) in [6.07, 6.45) is 8.12. The van der Waals surface area contributed by atoms with Gasteiger partial charge in [0.15, 0.2) is 0 Å². The van der Waals surface area contributed by atoms with Crippen molar-refractivity contribution in [2.75, 3.05) is 20.2 Å². The van der Waals surface area contributed by atoms with Crippen LogP contribution < -0.4 is 10.1 Å². The van der Waals surface area contributed by atoms with E-state index in [1.807, 2.05) is 18.6 Å². The number of piperidine rings is 1. The Morgan fingerprint density at radius 1 is 1.23 bits per heavy atom. The van der Waals surface area contributed by atoms with Gasteiger partial charge < -0.3 is 19.6 Å². The summed E-state index contributed by atoms with van der Waals surface area (Å²) in [6, 6.07) is 8.96. The third kappa shape index (κ3) is 2.45. The molecular formula is C20H21N5O. The van der Waals surface area contributed by atoms with E-state index in [1.165, 1.54) is 18.4 Å². The van der Waals surface area contributed by atoms with Crippen molar-refractivity contribution in [3.63, 3.8) is 0 Å². The highest BCUT2D eigenvalue weighted by atomic mass is 16.5. The molecule has 0 aliphatic carbocycles. The molecule has 4 heterocycles. The van der Waals surface area contributed by atoms with Crippen LogP contribution in [0, 0.1) is 0 Å². The largest absolute Gasteiger partial charge is 0.495 e. The van der Waals surface area contributed by atoms with Gasteiger partial charge in [0.1, 0.15) is 11.4 Å². The molecule has 6 nitrogen and oxygen atoms in total. The third-order valence-corrected chi connectivity index (χ3v) is 5.29. The SMILES string of the molecule is COc1cnc2[nH]cc(-c3ccc4ncn(C5CCCNC5)c4c3)c2c1. The standard InChI is InChI=1S/C20H21N5O/c1-26-15-8-16-17(11-23-20(16)22-10-15)13-4-5-18-19(7-13)25(12-24-18)14-3-2-6-21-9-14/h4-5,7-8,10-12,14,21H,2-3,6,9H2,1H3,(H,22,23). The Balaban J connectivity index is 1.63. The van der Waals surface area contributed by atoms with E-state index < -0.39 is 0 Å². The number of hydrogen-bond donors (Lipinski definition) is 2. The molecule has 1 aromatic carbocycles. The van der Waals surface area contributed by atoms with E-state index in [0.29, 0.717) is 6.04 Å². The minimum absolute atomic E-state index is 0.466. The summed E-state index contributed by atoms with van der Waals surface area (Å²) in [5, 5.41) is 4.56. The van der Waals surface area contributed by atoms with Gasteiger partial charge in [-0.25, -0.2) is 9.97 Å². The van der Waals surface area contributed by atoms with Gasteiger partial charge in [0.25, 0.3) is 0 Å². The number of rotatable bonds is 3. The number of imidazole rings is 1. The van der Waals surface area contributed by atoms with Crippen LogP contribution >= 0.6 is 0 Å². The van der Waals surface area contributed by atoms with Crippen LogP contribution in [-0.4, -0.2) is 39.7 Å². The molecule has 5 rings (SSSR count). The third-order valence-electron chi connectivity index (χ3n) is 5.29. The number of pyridine rings is 1. The van der Waals surface area contributed by atoms with Crippen molar-refractivity contribution < 1.29 is 4.74 Å². The van der Waals surface area contributed by atoms with Gasteiger partial charge in [-0.1, -0.05) is 6.07 Å². The minimum Gasteiger partial charge on any atom is -0.495 e. The number of H-pyrrole nitrogens is 1. The van der Waals surface area contributed by atoms with Crippen molar-refractivity contribution in [2.24, 2.45) is 0 Å². The van der Waals surface area contributed by atoms with Gasteiger partial charge >= 0.3 is 0 Å². The van der Waals surface area contributed by atoms with E-state index in [4.69, 9.17) is 4.74 Å². The molecule has 0 spiro atoms. The molecule has 1 aliphatic heterocycles. The molecule has 1 aliphatic rings. The second-order valence-electron chi connectivity index (χ2n) is 6.83. The van der Waals surface area contributed by atoms with Crippen molar-refractivity contribution in [2.45, 2.75) is 18.9 Å². The van der Waals surface area contributed by atoms with Crippen LogP contribution in [0.25, 0.3) is 33.2 Å². The summed E-state index contributed by atoms with van der Waals surface area (Å²) in [7, 11) is 1.66. The number of hydrogen-bond acceptors (Lipinski definition) is 4. The van der Waals surface area contributed by atoms with Gasteiger partial charge in [-0.05, 0) is 43.1 Å². The molecule has 132 valence electrons. The maximum absolute atomic E-state index is 5.34. The molecule has 0 bridgehead atoms. The first-order valence-electron chi connectivity index (χ1n) is 9.02. The summed E-state index contributed by atoms with van der Waals surface area (Å²) >= 11 is 0. The van der Waals surface area contributed by atoms with Crippen molar-refractivity contribution in [1.29, 1.82) is 0 Å². The smallest absolute Gasteiger partial charge is 0.138 e. The van der Waals surface area contributed by atoms with Crippen LogP contribution in [0.1, 0.15) is 18.9 Å².